The van der Waals surface area contributed by atoms with Gasteiger partial charge >= 0.3 is 0 Å². The first-order valence-electron chi connectivity index (χ1n) is 9.15. The Hall–Kier alpha value is -2.04. The van der Waals surface area contributed by atoms with E-state index in [4.69, 9.17) is 8.83 Å². The van der Waals surface area contributed by atoms with Crippen LogP contribution < -0.4 is 0 Å². The van der Waals surface area contributed by atoms with Gasteiger partial charge < -0.3 is 13.7 Å². The zero-order valence-corrected chi connectivity index (χ0v) is 15.7. The number of aromatic nitrogens is 1. The Bertz CT molecular complexity index is 723. The number of likely N-dealkylation sites (tertiary alicyclic amines) is 1. The fourth-order valence-electron chi connectivity index (χ4n) is 3.29. The second-order valence-electron chi connectivity index (χ2n) is 7.92. The topological polar surface area (TPSA) is 59.5 Å². The van der Waals surface area contributed by atoms with Crippen molar-refractivity contribution in [3.05, 3.63) is 41.5 Å². The van der Waals surface area contributed by atoms with E-state index in [0.717, 1.165) is 43.1 Å². The van der Waals surface area contributed by atoms with E-state index in [9.17, 15) is 4.79 Å². The molecule has 0 N–H and O–H groups in total. The van der Waals surface area contributed by atoms with Crippen molar-refractivity contribution in [2.45, 2.75) is 71.3 Å². The zero-order chi connectivity index (χ0) is 18.0. The van der Waals surface area contributed by atoms with Gasteiger partial charge in [0.15, 0.2) is 5.89 Å². The minimum Gasteiger partial charge on any atom is -0.464 e. The molecule has 1 aliphatic heterocycles. The number of furan rings is 1. The van der Waals surface area contributed by atoms with E-state index in [1.54, 1.807) is 6.20 Å². The van der Waals surface area contributed by atoms with E-state index < -0.39 is 0 Å². The van der Waals surface area contributed by atoms with Gasteiger partial charge in [0, 0.05) is 24.8 Å². The minimum atomic E-state index is -0.0651. The van der Waals surface area contributed by atoms with Crippen LogP contribution >= 0.6 is 0 Å². The summed E-state index contributed by atoms with van der Waals surface area (Å²) in [5.41, 5.74) is -0.0651. The lowest BCUT2D eigenvalue weighted by molar-refractivity contribution is -0.135. The van der Waals surface area contributed by atoms with E-state index in [1.165, 1.54) is 0 Å². The molecule has 3 rings (SSSR count). The van der Waals surface area contributed by atoms with Crippen molar-refractivity contribution in [2.75, 3.05) is 6.54 Å². The number of carbonyl (C=O) groups is 1. The highest BCUT2D eigenvalue weighted by molar-refractivity contribution is 5.77. The summed E-state index contributed by atoms with van der Waals surface area (Å²) in [7, 11) is 0. The summed E-state index contributed by atoms with van der Waals surface area (Å²) < 4.78 is 11.6. The zero-order valence-electron chi connectivity index (χ0n) is 15.7. The maximum absolute atomic E-state index is 12.8. The Labute approximate surface area is 149 Å². The van der Waals surface area contributed by atoms with Gasteiger partial charge in [0.1, 0.15) is 17.3 Å². The summed E-state index contributed by atoms with van der Waals surface area (Å²) >= 11 is 0. The highest BCUT2D eigenvalue weighted by atomic mass is 16.4. The van der Waals surface area contributed by atoms with Gasteiger partial charge in [-0.05, 0) is 38.3 Å². The van der Waals surface area contributed by atoms with E-state index in [0.29, 0.717) is 18.7 Å². The number of hydrogen-bond donors (Lipinski definition) is 0. The monoisotopic (exact) mass is 344 g/mol. The van der Waals surface area contributed by atoms with Crippen LogP contribution in [0.3, 0.4) is 0 Å². The second-order valence-corrected chi connectivity index (χ2v) is 7.92. The standard InChI is InChI=1S/C20H28N2O3/c1-14-8-9-16(24-14)15-7-5-6-12-22(15)19(23)11-10-18-21-13-17(25-18)20(2,3)4/h8-9,13,15H,5-7,10-12H2,1-4H3/t15-/m1/s1. The third-order valence-electron chi connectivity index (χ3n) is 4.76. The first-order chi connectivity index (χ1) is 11.8. The van der Waals surface area contributed by atoms with Crippen LogP contribution in [-0.2, 0) is 16.6 Å². The second kappa shape index (κ2) is 7.06. The molecule has 0 spiro atoms. The van der Waals surface area contributed by atoms with Crippen molar-refractivity contribution in [1.82, 2.24) is 9.88 Å². The summed E-state index contributed by atoms with van der Waals surface area (Å²) in [5.74, 6) is 3.44. The summed E-state index contributed by atoms with van der Waals surface area (Å²) in [6.07, 6.45) is 5.87. The average Bonchev–Trinajstić information content (AvgIpc) is 3.21. The van der Waals surface area contributed by atoms with Gasteiger partial charge in [-0.25, -0.2) is 4.98 Å². The Balaban J connectivity index is 1.64. The number of oxazole rings is 1. The van der Waals surface area contributed by atoms with Crippen LogP contribution in [0.5, 0.6) is 0 Å². The van der Waals surface area contributed by atoms with Gasteiger partial charge in [0.2, 0.25) is 5.91 Å². The largest absolute Gasteiger partial charge is 0.464 e. The van der Waals surface area contributed by atoms with Gasteiger partial charge in [0.05, 0.1) is 12.2 Å². The quantitative estimate of drug-likeness (QED) is 0.816. The number of rotatable bonds is 4. The normalized spacial score (nSPS) is 18.6. The average molecular weight is 344 g/mol. The lowest BCUT2D eigenvalue weighted by Gasteiger charge is -2.34. The predicted octanol–water partition coefficient (Wildman–Crippen LogP) is 4.56. The first kappa shape index (κ1) is 17.8. The highest BCUT2D eigenvalue weighted by Gasteiger charge is 2.30. The fraction of sp³-hybridized carbons (Fsp3) is 0.600. The van der Waals surface area contributed by atoms with E-state index in [-0.39, 0.29) is 17.4 Å². The van der Waals surface area contributed by atoms with Gasteiger partial charge in [-0.2, -0.15) is 0 Å². The Morgan fingerprint density at radius 3 is 2.72 bits per heavy atom. The number of amides is 1. The molecule has 1 fully saturated rings. The summed E-state index contributed by atoms with van der Waals surface area (Å²) in [5, 5.41) is 0. The molecule has 0 aliphatic carbocycles. The van der Waals surface area contributed by atoms with Crippen molar-refractivity contribution in [2.24, 2.45) is 0 Å². The molecule has 5 heteroatoms. The molecule has 136 valence electrons. The third kappa shape index (κ3) is 4.14. The molecular weight excluding hydrogens is 316 g/mol. The van der Waals surface area contributed by atoms with Crippen molar-refractivity contribution in [3.8, 4) is 0 Å². The van der Waals surface area contributed by atoms with Crippen LogP contribution in [0, 0.1) is 6.92 Å². The summed E-state index contributed by atoms with van der Waals surface area (Å²) in [6, 6.07) is 4.02. The van der Waals surface area contributed by atoms with Gasteiger partial charge in [-0.15, -0.1) is 0 Å². The number of piperidine rings is 1. The van der Waals surface area contributed by atoms with E-state index in [1.807, 2.05) is 24.0 Å². The Morgan fingerprint density at radius 2 is 2.08 bits per heavy atom. The number of nitrogens with zero attached hydrogens (tertiary/aromatic N) is 2. The molecule has 2 aromatic heterocycles. The molecule has 1 atom stereocenters. The minimum absolute atomic E-state index is 0.0599. The fourth-order valence-corrected chi connectivity index (χ4v) is 3.29. The van der Waals surface area contributed by atoms with Crippen molar-refractivity contribution < 1.29 is 13.6 Å². The van der Waals surface area contributed by atoms with Crippen LogP contribution in [0.1, 0.15) is 75.7 Å². The number of aryl methyl sites for hydroxylation is 2. The Kier molecular flexibility index (Phi) is 5.02. The molecule has 3 heterocycles. The Morgan fingerprint density at radius 1 is 1.28 bits per heavy atom. The molecule has 0 saturated carbocycles. The van der Waals surface area contributed by atoms with Crippen LogP contribution in [0.2, 0.25) is 0 Å². The first-order valence-corrected chi connectivity index (χ1v) is 9.15. The predicted molar refractivity (Wildman–Crippen MR) is 95.3 cm³/mol. The van der Waals surface area contributed by atoms with E-state index in [2.05, 4.69) is 25.8 Å². The highest BCUT2D eigenvalue weighted by Crippen LogP contribution is 2.32. The van der Waals surface area contributed by atoms with Crippen molar-refractivity contribution in [3.63, 3.8) is 0 Å². The third-order valence-corrected chi connectivity index (χ3v) is 4.76. The summed E-state index contributed by atoms with van der Waals surface area (Å²) in [6.45, 7) is 9.00. The van der Waals surface area contributed by atoms with Gasteiger partial charge in [-0.1, -0.05) is 20.8 Å². The molecule has 25 heavy (non-hydrogen) atoms. The van der Waals surface area contributed by atoms with Crippen LogP contribution in [0.15, 0.2) is 27.2 Å². The molecule has 1 saturated heterocycles. The molecule has 0 bridgehead atoms. The smallest absolute Gasteiger partial charge is 0.223 e. The maximum atomic E-state index is 12.8. The molecular formula is C20H28N2O3. The lowest BCUT2D eigenvalue weighted by Crippen LogP contribution is -2.38. The van der Waals surface area contributed by atoms with Gasteiger partial charge in [0.25, 0.3) is 0 Å². The van der Waals surface area contributed by atoms with Crippen molar-refractivity contribution >= 4 is 5.91 Å². The molecule has 1 amide bonds. The molecule has 0 radical (unpaired) electrons. The molecule has 0 unspecified atom stereocenters. The molecule has 0 aromatic carbocycles. The van der Waals surface area contributed by atoms with Crippen LogP contribution in [0.4, 0.5) is 0 Å². The van der Waals surface area contributed by atoms with Gasteiger partial charge in [-0.3, -0.25) is 4.79 Å². The molecule has 1 aliphatic rings. The summed E-state index contributed by atoms with van der Waals surface area (Å²) in [4.78, 5) is 19.1. The number of carbonyl (C=O) groups excluding carboxylic acids is 1. The molecule has 2 aromatic rings. The maximum Gasteiger partial charge on any atom is 0.223 e. The SMILES string of the molecule is Cc1ccc([C@H]2CCCCN2C(=O)CCc2ncc(C(C)(C)C)o2)o1. The van der Waals surface area contributed by atoms with Crippen LogP contribution in [-0.4, -0.2) is 22.3 Å². The number of hydrogen-bond acceptors (Lipinski definition) is 4. The van der Waals surface area contributed by atoms with Crippen molar-refractivity contribution in [1.29, 1.82) is 0 Å². The molecule has 5 nitrogen and oxygen atoms in total. The van der Waals surface area contributed by atoms with E-state index >= 15 is 0 Å². The lowest BCUT2D eigenvalue weighted by atomic mass is 9.94. The van der Waals surface area contributed by atoms with Crippen LogP contribution in [0.25, 0.3) is 0 Å².